The van der Waals surface area contributed by atoms with Crippen LogP contribution >= 0.6 is 0 Å². The molecule has 4 rings (SSSR count). The molecule has 3 aromatic rings. The highest BCUT2D eigenvalue weighted by Gasteiger charge is 2.19. The van der Waals surface area contributed by atoms with Crippen LogP contribution in [0.25, 0.3) is 11.0 Å². The van der Waals surface area contributed by atoms with Gasteiger partial charge in [-0.3, -0.25) is 4.79 Å². The van der Waals surface area contributed by atoms with Crippen molar-refractivity contribution in [1.82, 2.24) is 9.99 Å². The summed E-state index contributed by atoms with van der Waals surface area (Å²) in [7, 11) is 0. The molecule has 1 aromatic carbocycles. The number of nitrogens with one attached hydrogen (secondary N) is 1. The molecule has 1 amide bonds. The molecule has 6 heteroatoms. The number of carbonyl (C=O) groups is 1. The van der Waals surface area contributed by atoms with Gasteiger partial charge in [0.25, 0.3) is 0 Å². The lowest BCUT2D eigenvalue weighted by molar-refractivity contribution is 0.0928. The van der Waals surface area contributed by atoms with E-state index in [2.05, 4.69) is 35.0 Å². The maximum atomic E-state index is 12.5. The molecule has 0 unspecified atom stereocenters. The van der Waals surface area contributed by atoms with Crippen molar-refractivity contribution in [3.05, 3.63) is 58.6 Å². The minimum absolute atomic E-state index is 0.283. The van der Waals surface area contributed by atoms with Crippen LogP contribution < -0.4 is 5.43 Å². The van der Waals surface area contributed by atoms with Crippen LogP contribution in [-0.4, -0.2) is 29.4 Å². The SMILES string of the molecule is Cc1c(C(=O)N/N=C\c2cc(C)n(C[C@H]3CCCO3)c2C)oc2ccccc12. The number of ether oxygens (including phenoxy) is 1. The summed E-state index contributed by atoms with van der Waals surface area (Å²) < 4.78 is 13.7. The molecule has 1 atom stereocenters. The van der Waals surface area contributed by atoms with E-state index < -0.39 is 0 Å². The summed E-state index contributed by atoms with van der Waals surface area (Å²) in [5.74, 6) is -0.0553. The average molecular weight is 379 g/mol. The Hall–Kier alpha value is -2.86. The molecule has 1 aliphatic rings. The smallest absolute Gasteiger partial charge is 0.307 e. The molecule has 0 saturated carbocycles. The fraction of sp³-hybridized carbons (Fsp3) is 0.364. The van der Waals surface area contributed by atoms with E-state index in [9.17, 15) is 4.79 Å². The third kappa shape index (κ3) is 3.47. The van der Waals surface area contributed by atoms with Gasteiger partial charge in [0.1, 0.15) is 5.58 Å². The van der Waals surface area contributed by atoms with Crippen LogP contribution in [0.2, 0.25) is 0 Å². The van der Waals surface area contributed by atoms with Gasteiger partial charge < -0.3 is 13.7 Å². The molecule has 28 heavy (non-hydrogen) atoms. The second kappa shape index (κ2) is 7.64. The zero-order valence-electron chi connectivity index (χ0n) is 16.5. The molecule has 1 N–H and O–H groups in total. The van der Waals surface area contributed by atoms with E-state index in [4.69, 9.17) is 9.15 Å². The van der Waals surface area contributed by atoms with Crippen molar-refractivity contribution in [2.24, 2.45) is 5.10 Å². The molecule has 1 fully saturated rings. The highest BCUT2D eigenvalue weighted by Crippen LogP contribution is 2.24. The number of aromatic nitrogens is 1. The van der Waals surface area contributed by atoms with Crippen LogP contribution in [-0.2, 0) is 11.3 Å². The van der Waals surface area contributed by atoms with Crippen LogP contribution in [0.5, 0.6) is 0 Å². The predicted molar refractivity (Wildman–Crippen MR) is 109 cm³/mol. The number of hydrazone groups is 1. The molecule has 0 radical (unpaired) electrons. The standard InChI is InChI=1S/C22H25N3O3/c1-14-11-17(16(3)25(14)13-18-7-6-10-27-18)12-23-24-22(26)21-15(2)19-8-4-5-9-20(19)28-21/h4-5,8-9,11-12,18H,6-7,10,13H2,1-3H3,(H,24,26)/b23-12-/t18-/m1/s1. The summed E-state index contributed by atoms with van der Waals surface area (Å²) in [5.41, 5.74) is 7.36. The van der Waals surface area contributed by atoms with Gasteiger partial charge >= 0.3 is 5.91 Å². The second-order valence-electron chi connectivity index (χ2n) is 7.32. The summed E-state index contributed by atoms with van der Waals surface area (Å²) in [6.45, 7) is 7.73. The van der Waals surface area contributed by atoms with Crippen LogP contribution in [0.3, 0.4) is 0 Å². The second-order valence-corrected chi connectivity index (χ2v) is 7.32. The number of nitrogens with zero attached hydrogens (tertiary/aromatic N) is 2. The molecular formula is C22H25N3O3. The number of rotatable bonds is 5. The number of hydrogen-bond acceptors (Lipinski definition) is 4. The van der Waals surface area contributed by atoms with Gasteiger partial charge in [0.05, 0.1) is 12.3 Å². The van der Waals surface area contributed by atoms with Crippen LogP contribution in [0.1, 0.15) is 45.9 Å². The molecule has 1 saturated heterocycles. The molecule has 0 spiro atoms. The van der Waals surface area contributed by atoms with Crippen molar-refractivity contribution in [3.63, 3.8) is 0 Å². The maximum absolute atomic E-state index is 12.5. The zero-order valence-corrected chi connectivity index (χ0v) is 16.5. The number of hydrogen-bond donors (Lipinski definition) is 1. The molecule has 1 aliphatic heterocycles. The molecule has 0 aliphatic carbocycles. The molecule has 2 aromatic heterocycles. The molecule has 146 valence electrons. The number of benzene rings is 1. The topological polar surface area (TPSA) is 68.8 Å². The summed E-state index contributed by atoms with van der Waals surface area (Å²) >= 11 is 0. The number of carbonyl (C=O) groups excluding carboxylic acids is 1. The lowest BCUT2D eigenvalue weighted by Gasteiger charge is -2.14. The maximum Gasteiger partial charge on any atom is 0.307 e. The average Bonchev–Trinajstić information content (AvgIpc) is 3.38. The van der Waals surface area contributed by atoms with E-state index in [1.54, 1.807) is 6.21 Å². The van der Waals surface area contributed by atoms with Gasteiger partial charge in [0, 0.05) is 41.1 Å². The monoisotopic (exact) mass is 379 g/mol. The van der Waals surface area contributed by atoms with Gasteiger partial charge in [-0.2, -0.15) is 5.10 Å². The number of furan rings is 1. The predicted octanol–water partition coefficient (Wildman–Crippen LogP) is 4.10. The first kappa shape index (κ1) is 18.5. The van der Waals surface area contributed by atoms with Crippen molar-refractivity contribution in [2.75, 3.05) is 6.61 Å². The summed E-state index contributed by atoms with van der Waals surface area (Å²) in [6, 6.07) is 9.68. The van der Waals surface area contributed by atoms with E-state index in [-0.39, 0.29) is 12.0 Å². The van der Waals surface area contributed by atoms with Crippen molar-refractivity contribution < 1.29 is 13.9 Å². The first-order valence-electron chi connectivity index (χ1n) is 9.64. The lowest BCUT2D eigenvalue weighted by atomic mass is 10.1. The quantitative estimate of drug-likeness (QED) is 0.536. The van der Waals surface area contributed by atoms with Gasteiger partial charge in [0.2, 0.25) is 0 Å². The minimum Gasteiger partial charge on any atom is -0.451 e. The van der Waals surface area contributed by atoms with Crippen LogP contribution in [0.4, 0.5) is 0 Å². The van der Waals surface area contributed by atoms with E-state index in [1.165, 1.54) is 0 Å². The lowest BCUT2D eigenvalue weighted by Crippen LogP contribution is -2.18. The third-order valence-electron chi connectivity index (χ3n) is 5.44. The normalized spacial score (nSPS) is 17.0. The Labute approximate surface area is 164 Å². The Balaban J connectivity index is 1.47. The van der Waals surface area contributed by atoms with Gasteiger partial charge in [-0.05, 0) is 45.7 Å². The van der Waals surface area contributed by atoms with E-state index in [0.717, 1.165) is 53.9 Å². The zero-order chi connectivity index (χ0) is 19.7. The largest absolute Gasteiger partial charge is 0.451 e. The third-order valence-corrected chi connectivity index (χ3v) is 5.44. The summed E-state index contributed by atoms with van der Waals surface area (Å²) in [6.07, 6.45) is 4.20. The van der Waals surface area contributed by atoms with Gasteiger partial charge in [-0.15, -0.1) is 0 Å². The first-order valence-corrected chi connectivity index (χ1v) is 9.64. The summed E-state index contributed by atoms with van der Waals surface area (Å²) in [4.78, 5) is 12.5. The Morgan fingerprint density at radius 1 is 1.32 bits per heavy atom. The van der Waals surface area contributed by atoms with Crippen molar-refractivity contribution >= 4 is 23.1 Å². The number of aryl methyl sites for hydroxylation is 2. The fourth-order valence-corrected chi connectivity index (χ4v) is 3.83. The van der Waals surface area contributed by atoms with Gasteiger partial charge in [-0.1, -0.05) is 18.2 Å². The van der Waals surface area contributed by atoms with Gasteiger partial charge in [-0.25, -0.2) is 5.43 Å². The molecule has 3 heterocycles. The van der Waals surface area contributed by atoms with Crippen molar-refractivity contribution in [2.45, 2.75) is 46.3 Å². The van der Waals surface area contributed by atoms with E-state index in [0.29, 0.717) is 11.3 Å². The minimum atomic E-state index is -0.349. The Kier molecular flexibility index (Phi) is 5.05. The summed E-state index contributed by atoms with van der Waals surface area (Å²) in [5, 5.41) is 5.09. The molecule has 6 nitrogen and oxygen atoms in total. The molecule has 0 bridgehead atoms. The van der Waals surface area contributed by atoms with E-state index in [1.807, 2.05) is 31.2 Å². The Bertz CT molecular complexity index is 1040. The molecular weight excluding hydrogens is 354 g/mol. The van der Waals surface area contributed by atoms with Crippen molar-refractivity contribution in [3.8, 4) is 0 Å². The van der Waals surface area contributed by atoms with Crippen molar-refractivity contribution in [1.29, 1.82) is 0 Å². The fourth-order valence-electron chi connectivity index (χ4n) is 3.83. The van der Waals surface area contributed by atoms with Gasteiger partial charge in [0.15, 0.2) is 5.76 Å². The first-order chi connectivity index (χ1) is 13.5. The Morgan fingerprint density at radius 2 is 2.14 bits per heavy atom. The highest BCUT2D eigenvalue weighted by molar-refractivity contribution is 5.99. The van der Waals surface area contributed by atoms with E-state index >= 15 is 0 Å². The Morgan fingerprint density at radius 3 is 2.89 bits per heavy atom. The number of amides is 1. The van der Waals surface area contributed by atoms with Crippen LogP contribution in [0, 0.1) is 20.8 Å². The number of para-hydroxylation sites is 1. The van der Waals surface area contributed by atoms with Crippen LogP contribution in [0.15, 0.2) is 39.9 Å². The number of fused-ring (bicyclic) bond motifs is 1. The highest BCUT2D eigenvalue weighted by atomic mass is 16.5.